The molecule has 7 nitrogen and oxygen atoms in total. The Morgan fingerprint density at radius 3 is 2.55 bits per heavy atom. The summed E-state index contributed by atoms with van der Waals surface area (Å²) in [7, 11) is 1.60. The molecule has 3 amide bonds. The van der Waals surface area contributed by atoms with Crippen LogP contribution in [0.5, 0.6) is 5.75 Å². The summed E-state index contributed by atoms with van der Waals surface area (Å²) in [6.45, 7) is 0.837. The largest absolute Gasteiger partial charge is 0.497 e. The van der Waals surface area contributed by atoms with Crippen LogP contribution in [0.15, 0.2) is 72.9 Å². The Morgan fingerprint density at radius 2 is 1.88 bits per heavy atom. The van der Waals surface area contributed by atoms with Crippen molar-refractivity contribution in [2.45, 2.75) is 24.9 Å². The van der Waals surface area contributed by atoms with Gasteiger partial charge in [-0.25, -0.2) is 9.18 Å². The molecule has 0 radical (unpaired) electrons. The number of urea groups is 1. The van der Waals surface area contributed by atoms with Gasteiger partial charge >= 0.3 is 6.03 Å². The number of hydrogen-bond acceptors (Lipinski definition) is 4. The number of halogens is 1. The number of piperidine rings is 1. The van der Waals surface area contributed by atoms with E-state index in [1.54, 1.807) is 18.2 Å². The third-order valence-electron chi connectivity index (χ3n) is 5.69. The van der Waals surface area contributed by atoms with Gasteiger partial charge in [-0.2, -0.15) is 0 Å². The maximum absolute atomic E-state index is 13.1. The quantitative estimate of drug-likeness (QED) is 0.599. The average Bonchev–Trinajstić information content (AvgIpc) is 2.83. The third-order valence-corrected chi connectivity index (χ3v) is 5.69. The van der Waals surface area contributed by atoms with Crippen LogP contribution in [0.25, 0.3) is 0 Å². The zero-order valence-corrected chi connectivity index (χ0v) is 18.2. The minimum Gasteiger partial charge on any atom is -0.497 e. The molecule has 1 fully saturated rings. The van der Waals surface area contributed by atoms with Crippen LogP contribution in [0.1, 0.15) is 23.6 Å². The van der Waals surface area contributed by atoms with Crippen LogP contribution in [-0.4, -0.2) is 41.5 Å². The SMILES string of the molecule is COc1ccc(C2CN(Cc3ccccn3)C(=O)C[C@@H]2NC(=O)Nc2ccc(F)cc2)cc1. The Balaban J connectivity index is 1.52. The van der Waals surface area contributed by atoms with Gasteiger partial charge in [-0.1, -0.05) is 18.2 Å². The number of hydrogen-bond donors (Lipinski definition) is 2. The van der Waals surface area contributed by atoms with Crippen molar-refractivity contribution < 1.29 is 18.7 Å². The normalized spacial score (nSPS) is 18.0. The van der Waals surface area contributed by atoms with Crippen molar-refractivity contribution in [1.29, 1.82) is 0 Å². The number of aromatic nitrogens is 1. The van der Waals surface area contributed by atoms with E-state index in [0.29, 0.717) is 18.8 Å². The second-order valence-electron chi connectivity index (χ2n) is 7.89. The molecule has 2 aromatic carbocycles. The van der Waals surface area contributed by atoms with Gasteiger partial charge in [0, 0.05) is 36.8 Å². The first-order valence-electron chi connectivity index (χ1n) is 10.7. The van der Waals surface area contributed by atoms with Gasteiger partial charge in [0.1, 0.15) is 11.6 Å². The molecule has 8 heteroatoms. The first-order valence-corrected chi connectivity index (χ1v) is 10.7. The van der Waals surface area contributed by atoms with Crippen LogP contribution in [0.4, 0.5) is 14.9 Å². The summed E-state index contributed by atoms with van der Waals surface area (Å²) >= 11 is 0. The van der Waals surface area contributed by atoms with Crippen molar-refractivity contribution in [3.63, 3.8) is 0 Å². The molecular weight excluding hydrogens is 423 g/mol. The third kappa shape index (κ3) is 5.65. The minimum absolute atomic E-state index is 0.0579. The summed E-state index contributed by atoms with van der Waals surface area (Å²) in [6, 6.07) is 17.9. The number of methoxy groups -OCH3 is 1. The van der Waals surface area contributed by atoms with E-state index in [9.17, 15) is 14.0 Å². The number of likely N-dealkylation sites (tertiary alicyclic amines) is 1. The molecule has 170 valence electrons. The number of nitrogens with one attached hydrogen (secondary N) is 2. The predicted molar refractivity (Wildman–Crippen MR) is 122 cm³/mol. The van der Waals surface area contributed by atoms with Gasteiger partial charge in [-0.05, 0) is 54.1 Å². The van der Waals surface area contributed by atoms with Gasteiger partial charge in [0.25, 0.3) is 0 Å². The molecular formula is C25H25FN4O3. The van der Waals surface area contributed by atoms with Crippen molar-refractivity contribution in [1.82, 2.24) is 15.2 Å². The highest BCUT2D eigenvalue weighted by Gasteiger charge is 2.36. The van der Waals surface area contributed by atoms with Gasteiger partial charge < -0.3 is 20.3 Å². The van der Waals surface area contributed by atoms with Crippen molar-refractivity contribution >= 4 is 17.6 Å². The standard InChI is InChI=1S/C25H25FN4O3/c1-33-21-11-5-17(6-12-21)22-16-30(15-20-4-2-3-13-27-20)24(31)14-23(22)29-25(32)28-19-9-7-18(26)8-10-19/h2-13,22-23H,14-16H2,1H3,(H2,28,29,32)/t22?,23-/m0/s1. The first-order chi connectivity index (χ1) is 16.0. The topological polar surface area (TPSA) is 83.6 Å². The molecule has 4 rings (SSSR count). The number of carbonyl (C=O) groups is 2. The number of nitrogens with zero attached hydrogens (tertiary/aromatic N) is 2. The lowest BCUT2D eigenvalue weighted by Gasteiger charge is -2.38. The summed E-state index contributed by atoms with van der Waals surface area (Å²) in [5.74, 6) is 0.162. The Labute approximate surface area is 191 Å². The van der Waals surface area contributed by atoms with E-state index in [4.69, 9.17) is 4.74 Å². The molecule has 0 aliphatic carbocycles. The van der Waals surface area contributed by atoms with E-state index >= 15 is 0 Å². The molecule has 1 aliphatic rings. The molecule has 3 aromatic rings. The first kappa shape index (κ1) is 22.3. The van der Waals surface area contributed by atoms with Gasteiger partial charge in [0.05, 0.1) is 19.3 Å². The maximum atomic E-state index is 13.1. The van der Waals surface area contributed by atoms with Crippen molar-refractivity contribution in [3.8, 4) is 5.75 Å². The fourth-order valence-corrected chi connectivity index (χ4v) is 3.98. The highest BCUT2D eigenvalue weighted by molar-refractivity contribution is 5.90. The van der Waals surface area contributed by atoms with Gasteiger partial charge in [0.2, 0.25) is 5.91 Å². The van der Waals surface area contributed by atoms with Crippen LogP contribution in [0.2, 0.25) is 0 Å². The number of ether oxygens (including phenoxy) is 1. The smallest absolute Gasteiger partial charge is 0.319 e. The summed E-state index contributed by atoms with van der Waals surface area (Å²) in [6.07, 6.45) is 1.86. The Bertz CT molecular complexity index is 1090. The Hall–Kier alpha value is -3.94. The predicted octanol–water partition coefficient (Wildman–Crippen LogP) is 3.94. The van der Waals surface area contributed by atoms with Crippen molar-refractivity contribution in [2.75, 3.05) is 19.0 Å². The average molecular weight is 448 g/mol. The Kier molecular flexibility index (Phi) is 6.83. The van der Waals surface area contributed by atoms with Crippen LogP contribution < -0.4 is 15.4 Å². The fourth-order valence-electron chi connectivity index (χ4n) is 3.98. The number of benzene rings is 2. The fraction of sp³-hybridized carbons (Fsp3) is 0.240. The van der Waals surface area contributed by atoms with Gasteiger partial charge in [-0.15, -0.1) is 0 Å². The van der Waals surface area contributed by atoms with Crippen molar-refractivity contribution in [3.05, 3.63) is 90.0 Å². The minimum atomic E-state index is -0.448. The number of amides is 3. The molecule has 2 heterocycles. The number of pyridine rings is 1. The molecule has 1 unspecified atom stereocenters. The lowest BCUT2D eigenvalue weighted by atomic mass is 9.85. The summed E-state index contributed by atoms with van der Waals surface area (Å²) in [4.78, 5) is 31.7. The zero-order valence-electron chi connectivity index (χ0n) is 18.2. The molecule has 1 saturated heterocycles. The Morgan fingerprint density at radius 1 is 1.12 bits per heavy atom. The summed E-state index contributed by atoms with van der Waals surface area (Å²) in [5, 5.41) is 5.64. The van der Waals surface area contributed by atoms with Crippen molar-refractivity contribution in [2.24, 2.45) is 0 Å². The number of carbonyl (C=O) groups excluding carboxylic acids is 2. The monoisotopic (exact) mass is 448 g/mol. The highest BCUT2D eigenvalue weighted by atomic mass is 19.1. The molecule has 33 heavy (non-hydrogen) atoms. The molecule has 2 N–H and O–H groups in total. The lowest BCUT2D eigenvalue weighted by Crippen LogP contribution is -2.52. The molecule has 2 atom stereocenters. The molecule has 0 spiro atoms. The lowest BCUT2D eigenvalue weighted by molar-refractivity contribution is -0.135. The summed E-state index contributed by atoms with van der Waals surface area (Å²) in [5.41, 5.74) is 2.26. The van der Waals surface area contributed by atoms with E-state index < -0.39 is 12.1 Å². The highest BCUT2D eigenvalue weighted by Crippen LogP contribution is 2.30. The van der Waals surface area contributed by atoms with Crippen LogP contribution in [0, 0.1) is 5.82 Å². The second-order valence-corrected chi connectivity index (χ2v) is 7.89. The van der Waals surface area contributed by atoms with Gasteiger partial charge in [0.15, 0.2) is 0 Å². The van der Waals surface area contributed by atoms with E-state index in [-0.39, 0.29) is 24.1 Å². The molecule has 1 aliphatic heterocycles. The second kappa shape index (κ2) is 10.1. The van der Waals surface area contributed by atoms with Crippen LogP contribution in [-0.2, 0) is 11.3 Å². The van der Waals surface area contributed by atoms with E-state index in [1.165, 1.54) is 24.3 Å². The molecule has 0 saturated carbocycles. The number of rotatable bonds is 6. The van der Waals surface area contributed by atoms with Crippen LogP contribution in [0.3, 0.4) is 0 Å². The maximum Gasteiger partial charge on any atom is 0.319 e. The molecule has 1 aromatic heterocycles. The van der Waals surface area contributed by atoms with Gasteiger partial charge in [-0.3, -0.25) is 9.78 Å². The number of anilines is 1. The van der Waals surface area contributed by atoms with Crippen LogP contribution >= 0.6 is 0 Å². The molecule has 0 bridgehead atoms. The van der Waals surface area contributed by atoms with E-state index in [2.05, 4.69) is 15.6 Å². The zero-order chi connectivity index (χ0) is 23.2. The van der Waals surface area contributed by atoms with E-state index in [0.717, 1.165) is 17.0 Å². The summed E-state index contributed by atoms with van der Waals surface area (Å²) < 4.78 is 18.4. The van der Waals surface area contributed by atoms with E-state index in [1.807, 2.05) is 42.5 Å².